The van der Waals surface area contributed by atoms with E-state index in [0.717, 1.165) is 0 Å². The van der Waals surface area contributed by atoms with Crippen molar-refractivity contribution in [2.45, 2.75) is 18.7 Å². The van der Waals surface area contributed by atoms with Crippen LogP contribution in [-0.4, -0.2) is 14.7 Å². The molecule has 1 rings (SSSR count). The van der Waals surface area contributed by atoms with Crippen molar-refractivity contribution >= 4 is 9.84 Å². The first-order valence-corrected chi connectivity index (χ1v) is 6.24. The molecule has 1 aromatic carbocycles. The molecule has 2 nitrogen and oxygen atoms in total. The Morgan fingerprint density at radius 1 is 1.00 bits per heavy atom. The Morgan fingerprint density at radius 2 is 1.43 bits per heavy atom. The van der Waals surface area contributed by atoms with Crippen molar-refractivity contribution in [3.63, 3.8) is 0 Å². The quantitative estimate of drug-likeness (QED) is 0.671. The van der Waals surface area contributed by atoms with E-state index >= 15 is 0 Å². The minimum Gasteiger partial charge on any atom is -0.224 e. The molecule has 3 heteroatoms. The van der Waals surface area contributed by atoms with Gasteiger partial charge in [-0.1, -0.05) is 30.4 Å². The fourth-order valence-electron chi connectivity index (χ4n) is 0.668. The Bertz CT molecular complexity index is 360. The van der Waals surface area contributed by atoms with Gasteiger partial charge >= 0.3 is 0 Å². The van der Waals surface area contributed by atoms with Crippen LogP contribution in [0.4, 0.5) is 0 Å². The Kier molecular flexibility index (Phi) is 5.88. The van der Waals surface area contributed by atoms with Gasteiger partial charge in [0, 0.05) is 6.26 Å². The summed E-state index contributed by atoms with van der Waals surface area (Å²) in [6, 6.07) is 8.35. The molecule has 0 aliphatic carbocycles. The molecular weight excluding hydrogens is 196 g/mol. The standard InChI is InChI=1S/C7H8O2S.C4H8/c1-10(8,9)7-5-3-2-4-6-7;1-3-4-2/h2-6H,1H3;3-4H,1-2H3/b;4-3+. The van der Waals surface area contributed by atoms with Crippen molar-refractivity contribution in [3.8, 4) is 0 Å². The summed E-state index contributed by atoms with van der Waals surface area (Å²) in [6.07, 6.45) is 5.20. The molecular formula is C11H16O2S. The van der Waals surface area contributed by atoms with Crippen molar-refractivity contribution in [1.29, 1.82) is 0 Å². The van der Waals surface area contributed by atoms with Crippen molar-refractivity contribution in [2.24, 2.45) is 0 Å². The SMILES string of the molecule is C/C=C/C.CS(=O)(=O)c1ccccc1. The molecule has 0 fully saturated rings. The maximum Gasteiger partial charge on any atom is 0.175 e. The van der Waals surface area contributed by atoms with E-state index in [4.69, 9.17) is 0 Å². The molecule has 0 spiro atoms. The minimum atomic E-state index is -3.00. The second-order valence-electron chi connectivity index (χ2n) is 2.75. The van der Waals surface area contributed by atoms with Gasteiger partial charge in [-0.05, 0) is 26.0 Å². The zero-order valence-corrected chi connectivity index (χ0v) is 9.58. The van der Waals surface area contributed by atoms with E-state index in [2.05, 4.69) is 0 Å². The van der Waals surface area contributed by atoms with Gasteiger partial charge in [0.1, 0.15) is 0 Å². The third kappa shape index (κ3) is 5.54. The summed E-state index contributed by atoms with van der Waals surface area (Å²) in [6.45, 7) is 4.00. The number of allylic oxidation sites excluding steroid dienone is 2. The lowest BCUT2D eigenvalue weighted by Crippen LogP contribution is -1.95. The van der Waals surface area contributed by atoms with Crippen LogP contribution in [0.15, 0.2) is 47.4 Å². The van der Waals surface area contributed by atoms with Crippen LogP contribution >= 0.6 is 0 Å². The predicted octanol–water partition coefficient (Wildman–Crippen LogP) is 2.67. The van der Waals surface area contributed by atoms with Crippen LogP contribution in [0.2, 0.25) is 0 Å². The second kappa shape index (κ2) is 6.38. The molecule has 0 amide bonds. The lowest BCUT2D eigenvalue weighted by atomic mass is 10.4. The van der Waals surface area contributed by atoms with Gasteiger partial charge in [0.25, 0.3) is 0 Å². The number of rotatable bonds is 1. The molecule has 0 heterocycles. The van der Waals surface area contributed by atoms with E-state index in [-0.39, 0.29) is 0 Å². The van der Waals surface area contributed by atoms with Gasteiger partial charge in [0.05, 0.1) is 4.90 Å². The summed E-state index contributed by atoms with van der Waals surface area (Å²) in [5, 5.41) is 0. The Morgan fingerprint density at radius 3 is 1.64 bits per heavy atom. The normalized spacial score (nSPS) is 10.8. The molecule has 0 radical (unpaired) electrons. The van der Waals surface area contributed by atoms with Gasteiger partial charge in [-0.3, -0.25) is 0 Å². The summed E-state index contributed by atoms with van der Waals surface area (Å²) in [7, 11) is -3.00. The Balaban J connectivity index is 0.000000364. The summed E-state index contributed by atoms with van der Waals surface area (Å²) >= 11 is 0. The zero-order valence-electron chi connectivity index (χ0n) is 8.77. The molecule has 0 aliphatic heterocycles. The summed E-state index contributed by atoms with van der Waals surface area (Å²) in [5.41, 5.74) is 0. The van der Waals surface area contributed by atoms with E-state index in [1.807, 2.05) is 26.0 Å². The molecule has 14 heavy (non-hydrogen) atoms. The molecule has 0 atom stereocenters. The Labute approximate surface area is 86.2 Å². The van der Waals surface area contributed by atoms with Gasteiger partial charge in [-0.15, -0.1) is 0 Å². The van der Waals surface area contributed by atoms with Crippen molar-refractivity contribution in [1.82, 2.24) is 0 Å². The van der Waals surface area contributed by atoms with Crippen LogP contribution < -0.4 is 0 Å². The first kappa shape index (κ1) is 12.9. The highest BCUT2D eigenvalue weighted by atomic mass is 32.2. The van der Waals surface area contributed by atoms with Gasteiger partial charge < -0.3 is 0 Å². The number of hydrogen-bond donors (Lipinski definition) is 0. The van der Waals surface area contributed by atoms with Crippen molar-refractivity contribution < 1.29 is 8.42 Å². The molecule has 0 bridgehead atoms. The topological polar surface area (TPSA) is 34.1 Å². The fraction of sp³-hybridized carbons (Fsp3) is 0.273. The molecule has 1 aromatic rings. The maximum atomic E-state index is 10.8. The van der Waals surface area contributed by atoms with E-state index in [1.54, 1.807) is 30.3 Å². The molecule has 0 aromatic heterocycles. The number of sulfone groups is 1. The van der Waals surface area contributed by atoms with Gasteiger partial charge in [0.15, 0.2) is 9.84 Å². The number of hydrogen-bond acceptors (Lipinski definition) is 2. The molecule has 0 unspecified atom stereocenters. The van der Waals surface area contributed by atoms with Crippen LogP contribution in [0, 0.1) is 0 Å². The molecule has 0 saturated carbocycles. The number of benzene rings is 1. The highest BCUT2D eigenvalue weighted by Crippen LogP contribution is 2.05. The molecule has 0 saturated heterocycles. The largest absolute Gasteiger partial charge is 0.224 e. The van der Waals surface area contributed by atoms with Crippen LogP contribution in [0.5, 0.6) is 0 Å². The molecule has 0 aliphatic rings. The predicted molar refractivity (Wildman–Crippen MR) is 60.0 cm³/mol. The lowest BCUT2D eigenvalue weighted by Gasteiger charge is -1.93. The van der Waals surface area contributed by atoms with Crippen LogP contribution in [-0.2, 0) is 9.84 Å². The Hall–Kier alpha value is -1.09. The van der Waals surface area contributed by atoms with Crippen LogP contribution in [0.1, 0.15) is 13.8 Å². The third-order valence-electron chi connectivity index (χ3n) is 1.50. The van der Waals surface area contributed by atoms with E-state index in [0.29, 0.717) is 4.90 Å². The average molecular weight is 212 g/mol. The average Bonchev–Trinajstić information content (AvgIpc) is 2.18. The zero-order chi connectivity index (χ0) is 11.0. The molecule has 78 valence electrons. The first-order valence-electron chi connectivity index (χ1n) is 4.34. The first-order chi connectivity index (χ1) is 6.52. The summed E-state index contributed by atoms with van der Waals surface area (Å²) < 4.78 is 21.7. The monoisotopic (exact) mass is 212 g/mol. The summed E-state index contributed by atoms with van der Waals surface area (Å²) in [4.78, 5) is 0.370. The van der Waals surface area contributed by atoms with Gasteiger partial charge in [-0.25, -0.2) is 8.42 Å². The maximum absolute atomic E-state index is 10.8. The lowest BCUT2D eigenvalue weighted by molar-refractivity contribution is 0.602. The highest BCUT2D eigenvalue weighted by Gasteiger charge is 2.02. The molecule has 0 N–H and O–H groups in total. The summed E-state index contributed by atoms with van der Waals surface area (Å²) in [5.74, 6) is 0. The minimum absolute atomic E-state index is 0.370. The third-order valence-corrected chi connectivity index (χ3v) is 2.63. The van der Waals surface area contributed by atoms with E-state index in [9.17, 15) is 8.42 Å². The van der Waals surface area contributed by atoms with Crippen LogP contribution in [0.25, 0.3) is 0 Å². The smallest absolute Gasteiger partial charge is 0.175 e. The highest BCUT2D eigenvalue weighted by molar-refractivity contribution is 7.90. The van der Waals surface area contributed by atoms with Gasteiger partial charge in [0.2, 0.25) is 0 Å². The van der Waals surface area contributed by atoms with Crippen LogP contribution in [0.3, 0.4) is 0 Å². The van der Waals surface area contributed by atoms with E-state index < -0.39 is 9.84 Å². The fourth-order valence-corrected chi connectivity index (χ4v) is 1.32. The van der Waals surface area contributed by atoms with E-state index in [1.165, 1.54) is 6.26 Å². The second-order valence-corrected chi connectivity index (χ2v) is 4.77. The van der Waals surface area contributed by atoms with Gasteiger partial charge in [-0.2, -0.15) is 0 Å². The van der Waals surface area contributed by atoms with Crippen molar-refractivity contribution in [2.75, 3.05) is 6.26 Å². The van der Waals surface area contributed by atoms with Crippen molar-refractivity contribution in [3.05, 3.63) is 42.5 Å².